The van der Waals surface area contributed by atoms with Gasteiger partial charge in [0, 0.05) is 5.56 Å². The van der Waals surface area contributed by atoms with Crippen molar-refractivity contribution in [3.8, 4) is 16.9 Å². The second-order valence-electron chi connectivity index (χ2n) is 5.01. The Balaban J connectivity index is 0.000000199. The molecule has 2 atom stereocenters. The molecule has 3 N–H and O–H groups in total. The Morgan fingerprint density at radius 3 is 2.23 bits per heavy atom. The second-order valence-corrected chi connectivity index (χ2v) is 9.19. The average molecular weight is 460 g/mol. The third kappa shape index (κ3) is 6.35. The minimum Gasteiger partial charge on any atom is -0.443 e. The second kappa shape index (κ2) is 9.70. The quantitative estimate of drug-likeness (QED) is 0.469. The minimum atomic E-state index is -4.46. The van der Waals surface area contributed by atoms with Crippen molar-refractivity contribution in [2.75, 3.05) is 6.61 Å². The van der Waals surface area contributed by atoms with Crippen LogP contribution in [0.2, 0.25) is 0 Å². The maximum Gasteiger partial charge on any atom is 0.469 e. The van der Waals surface area contributed by atoms with Gasteiger partial charge >= 0.3 is 7.82 Å². The fourth-order valence-corrected chi connectivity index (χ4v) is 3.73. The van der Waals surface area contributed by atoms with Crippen LogP contribution in [0.3, 0.4) is 0 Å². The number of benzene rings is 2. The molecule has 2 aromatic rings. The first-order valence-corrected chi connectivity index (χ1v) is 11.2. The van der Waals surface area contributed by atoms with Crippen molar-refractivity contribution in [2.24, 2.45) is 0 Å². The van der Waals surface area contributed by atoms with E-state index >= 15 is 0 Å². The first-order valence-electron chi connectivity index (χ1n) is 7.17. The van der Waals surface area contributed by atoms with Gasteiger partial charge in [-0.3, -0.25) is 4.52 Å². The van der Waals surface area contributed by atoms with Crippen molar-refractivity contribution in [2.45, 2.75) is 10.2 Å². The molecule has 0 bridgehead atoms. The lowest BCUT2D eigenvalue weighted by Gasteiger charge is -2.23. The zero-order valence-corrected chi connectivity index (χ0v) is 17.1. The molecule has 3 rings (SSSR count). The first-order chi connectivity index (χ1) is 12.2. The lowest BCUT2D eigenvalue weighted by Crippen LogP contribution is -2.15. The van der Waals surface area contributed by atoms with Gasteiger partial charge in [0.15, 0.2) is 0 Å². The summed E-state index contributed by atoms with van der Waals surface area (Å²) in [6, 6.07) is 15.6. The van der Waals surface area contributed by atoms with Crippen LogP contribution in [0.25, 0.3) is 11.1 Å². The number of alkyl halides is 3. The number of para-hydroxylation sites is 1. The topological polar surface area (TPSA) is 96.2 Å². The van der Waals surface area contributed by atoms with Gasteiger partial charge < -0.3 is 19.2 Å². The third-order valence-corrected chi connectivity index (χ3v) is 6.05. The lowest BCUT2D eigenvalue weighted by atomic mass is 10.0. The number of halogens is 3. The molecule has 1 aliphatic heterocycles. The van der Waals surface area contributed by atoms with Crippen molar-refractivity contribution in [3.05, 3.63) is 48.5 Å². The summed E-state index contributed by atoms with van der Waals surface area (Å²) in [5.41, 5.74) is 2.13. The van der Waals surface area contributed by atoms with Crippen molar-refractivity contribution >= 4 is 56.3 Å². The Kier molecular flexibility index (Phi) is 8.17. The molecule has 0 saturated heterocycles. The molecule has 0 amide bonds. The Labute approximate surface area is 166 Å². The van der Waals surface area contributed by atoms with E-state index in [1.165, 1.54) is 0 Å². The molecule has 0 radical (unpaired) electrons. The molecular formula is C15H15Cl3O6P2. The standard InChI is InChI=1S/C12H9O2P.C3H6Cl3O4P/c13-15-12-8-4-2-6-10(12)9-5-1-3-7-11(9)14-15;4-2(3(5)6)1-10-11(7,8)9/h1-8,13H;2-3H,1H2,(H2,7,8,9). The van der Waals surface area contributed by atoms with Crippen LogP contribution in [0, 0.1) is 0 Å². The third-order valence-electron chi connectivity index (χ3n) is 3.15. The summed E-state index contributed by atoms with van der Waals surface area (Å²) in [6.07, 6.45) is 0. The molecule has 0 saturated carbocycles. The number of fused-ring (bicyclic) bond motifs is 3. The molecular weight excluding hydrogens is 444 g/mol. The Hall–Kier alpha value is -0.390. The highest BCUT2D eigenvalue weighted by atomic mass is 35.5. The molecule has 6 nitrogen and oxygen atoms in total. The van der Waals surface area contributed by atoms with Crippen LogP contribution in [0.4, 0.5) is 0 Å². The molecule has 0 fully saturated rings. The highest BCUT2D eigenvalue weighted by Crippen LogP contribution is 2.45. The molecule has 1 heterocycles. The summed E-state index contributed by atoms with van der Waals surface area (Å²) in [7, 11) is -5.96. The SMILES string of the molecule is O=P(O)(O)OCC(Cl)C(Cl)Cl.OP1Oc2ccccc2-c2ccccc21. The van der Waals surface area contributed by atoms with Crippen molar-refractivity contribution in [1.82, 2.24) is 0 Å². The van der Waals surface area contributed by atoms with Crippen molar-refractivity contribution in [1.29, 1.82) is 0 Å². The Morgan fingerprint density at radius 1 is 1.04 bits per heavy atom. The number of hydrogen-bond donors (Lipinski definition) is 3. The lowest BCUT2D eigenvalue weighted by molar-refractivity contribution is 0.198. The molecule has 142 valence electrons. The van der Waals surface area contributed by atoms with E-state index in [1.54, 1.807) is 0 Å². The van der Waals surface area contributed by atoms with Crippen LogP contribution in [0.5, 0.6) is 5.75 Å². The number of phosphoric ester groups is 1. The normalized spacial score (nSPS) is 16.7. The summed E-state index contributed by atoms with van der Waals surface area (Å²) < 4.78 is 19.6. The fourth-order valence-electron chi connectivity index (χ4n) is 2.02. The van der Waals surface area contributed by atoms with E-state index in [-0.39, 0.29) is 6.61 Å². The molecule has 0 spiro atoms. The highest BCUT2D eigenvalue weighted by Gasteiger charge is 2.24. The molecule has 2 unspecified atom stereocenters. The van der Waals surface area contributed by atoms with Gasteiger partial charge in [-0.15, -0.1) is 34.8 Å². The highest BCUT2D eigenvalue weighted by molar-refractivity contribution is 7.56. The first kappa shape index (κ1) is 21.9. The van der Waals surface area contributed by atoms with E-state index in [0.717, 1.165) is 22.2 Å². The van der Waals surface area contributed by atoms with Gasteiger partial charge in [-0.05, 0) is 17.7 Å². The minimum absolute atomic E-state index is 0.385. The van der Waals surface area contributed by atoms with Crippen LogP contribution >= 0.6 is 51.0 Å². The molecule has 1 aliphatic rings. The van der Waals surface area contributed by atoms with Crippen LogP contribution in [-0.2, 0) is 9.09 Å². The van der Waals surface area contributed by atoms with Crippen LogP contribution in [0.1, 0.15) is 0 Å². The van der Waals surface area contributed by atoms with Gasteiger partial charge in [0.1, 0.15) is 10.6 Å². The molecule has 2 aromatic carbocycles. The van der Waals surface area contributed by atoms with Crippen molar-refractivity contribution < 1.29 is 28.3 Å². The van der Waals surface area contributed by atoms with Gasteiger partial charge in [-0.25, -0.2) is 4.57 Å². The number of rotatable bonds is 4. The molecule has 11 heteroatoms. The van der Waals surface area contributed by atoms with Gasteiger partial charge in [-0.2, -0.15) is 0 Å². The van der Waals surface area contributed by atoms with E-state index in [4.69, 9.17) is 49.1 Å². The van der Waals surface area contributed by atoms with Crippen molar-refractivity contribution in [3.63, 3.8) is 0 Å². The largest absolute Gasteiger partial charge is 0.469 e. The predicted molar refractivity (Wildman–Crippen MR) is 104 cm³/mol. The summed E-state index contributed by atoms with van der Waals surface area (Å²) in [5, 5.41) is 0.0668. The summed E-state index contributed by atoms with van der Waals surface area (Å²) in [5.74, 6) is 0.768. The van der Waals surface area contributed by atoms with Crippen LogP contribution < -0.4 is 9.83 Å². The maximum atomic E-state index is 10.1. The monoisotopic (exact) mass is 458 g/mol. The maximum absolute atomic E-state index is 10.1. The van der Waals surface area contributed by atoms with Gasteiger partial charge in [0.05, 0.1) is 17.3 Å². The zero-order chi connectivity index (χ0) is 19.3. The van der Waals surface area contributed by atoms with E-state index in [2.05, 4.69) is 4.52 Å². The number of hydrogen-bond acceptors (Lipinski definition) is 4. The van der Waals surface area contributed by atoms with Crippen LogP contribution in [0.15, 0.2) is 48.5 Å². The predicted octanol–water partition coefficient (Wildman–Crippen LogP) is 4.18. The summed E-state index contributed by atoms with van der Waals surface area (Å²) >= 11 is 15.9. The van der Waals surface area contributed by atoms with E-state index in [0.29, 0.717) is 0 Å². The fraction of sp³-hybridized carbons (Fsp3) is 0.200. The van der Waals surface area contributed by atoms with Crippen LogP contribution in [-0.4, -0.2) is 31.5 Å². The number of phosphoric acid groups is 1. The Bertz CT molecular complexity index is 785. The van der Waals surface area contributed by atoms with E-state index in [9.17, 15) is 9.46 Å². The summed E-state index contributed by atoms with van der Waals surface area (Å²) in [6.45, 7) is -0.385. The van der Waals surface area contributed by atoms with E-state index in [1.807, 2.05) is 48.5 Å². The Morgan fingerprint density at radius 2 is 1.62 bits per heavy atom. The smallest absolute Gasteiger partial charge is 0.443 e. The zero-order valence-electron chi connectivity index (χ0n) is 13.1. The molecule has 0 aliphatic carbocycles. The molecule has 26 heavy (non-hydrogen) atoms. The summed E-state index contributed by atoms with van der Waals surface area (Å²) in [4.78, 5) is 25.3. The van der Waals surface area contributed by atoms with Gasteiger partial charge in [0.2, 0.25) is 0 Å². The van der Waals surface area contributed by atoms with E-state index < -0.39 is 26.4 Å². The average Bonchev–Trinajstić information content (AvgIpc) is 2.60. The molecule has 0 aromatic heterocycles. The van der Waals surface area contributed by atoms with Gasteiger partial charge in [-0.1, -0.05) is 36.4 Å². The van der Waals surface area contributed by atoms with Gasteiger partial charge in [0.25, 0.3) is 8.38 Å².